The number of aromatic nitrogens is 2. The normalized spacial score (nSPS) is 15.1. The highest BCUT2D eigenvalue weighted by Crippen LogP contribution is 2.07. The van der Waals surface area contributed by atoms with Gasteiger partial charge in [0, 0.05) is 25.7 Å². The van der Waals surface area contributed by atoms with Crippen LogP contribution >= 0.6 is 0 Å². The Labute approximate surface area is 104 Å². The fraction of sp³-hybridized carbons (Fsp3) is 0.545. The van der Waals surface area contributed by atoms with E-state index in [4.69, 9.17) is 5.11 Å². The van der Waals surface area contributed by atoms with Crippen LogP contribution in [0.15, 0.2) is 12.5 Å². The van der Waals surface area contributed by atoms with E-state index in [1.54, 1.807) is 4.57 Å². The third kappa shape index (κ3) is 3.30. The van der Waals surface area contributed by atoms with Crippen molar-refractivity contribution in [1.29, 1.82) is 0 Å². The van der Waals surface area contributed by atoms with Crippen LogP contribution in [0.1, 0.15) is 16.9 Å². The molecule has 2 heterocycles. The molecule has 7 nitrogen and oxygen atoms in total. The van der Waals surface area contributed by atoms with Crippen molar-refractivity contribution in [3.63, 3.8) is 0 Å². The molecule has 1 aromatic rings. The van der Waals surface area contributed by atoms with E-state index in [1.165, 1.54) is 12.5 Å². The van der Waals surface area contributed by atoms with E-state index >= 15 is 0 Å². The number of aromatic carboxylic acids is 1. The lowest BCUT2D eigenvalue weighted by atomic mass is 9.99. The fourth-order valence-electron chi connectivity index (χ4n) is 1.74. The molecule has 1 aliphatic heterocycles. The number of hydrogen-bond donors (Lipinski definition) is 3. The average molecular weight is 252 g/mol. The number of imidazole rings is 1. The Balaban J connectivity index is 1.67. The Bertz CT molecular complexity index is 439. The first-order chi connectivity index (χ1) is 8.65. The molecule has 1 fully saturated rings. The maximum atomic E-state index is 11.5. The zero-order chi connectivity index (χ0) is 13.0. The Morgan fingerprint density at radius 3 is 2.89 bits per heavy atom. The van der Waals surface area contributed by atoms with Gasteiger partial charge in [0.2, 0.25) is 5.91 Å². The summed E-state index contributed by atoms with van der Waals surface area (Å²) in [5.41, 5.74) is 0.0156. The summed E-state index contributed by atoms with van der Waals surface area (Å²) in [5, 5.41) is 14.6. The van der Waals surface area contributed by atoms with E-state index in [0.29, 0.717) is 25.4 Å². The van der Waals surface area contributed by atoms with Crippen LogP contribution in [0.25, 0.3) is 0 Å². The molecule has 0 radical (unpaired) electrons. The van der Waals surface area contributed by atoms with Gasteiger partial charge in [-0.25, -0.2) is 9.78 Å². The van der Waals surface area contributed by atoms with Crippen LogP contribution in [0.4, 0.5) is 0 Å². The molecule has 0 aliphatic carbocycles. The van der Waals surface area contributed by atoms with Gasteiger partial charge in [-0.2, -0.15) is 0 Å². The molecular formula is C11H16N4O3. The number of amides is 1. The van der Waals surface area contributed by atoms with Gasteiger partial charge in [0.05, 0.1) is 6.33 Å². The summed E-state index contributed by atoms with van der Waals surface area (Å²) < 4.78 is 1.65. The van der Waals surface area contributed by atoms with Crippen molar-refractivity contribution >= 4 is 11.9 Å². The summed E-state index contributed by atoms with van der Waals surface area (Å²) in [7, 11) is 0. The Morgan fingerprint density at radius 2 is 2.33 bits per heavy atom. The zero-order valence-electron chi connectivity index (χ0n) is 9.93. The number of carboxylic acids is 1. The molecule has 1 saturated heterocycles. The summed E-state index contributed by atoms with van der Waals surface area (Å²) in [6, 6.07) is 0. The lowest BCUT2D eigenvalue weighted by Crippen LogP contribution is -2.44. The number of carboxylic acid groups (broad SMARTS) is 1. The summed E-state index contributed by atoms with van der Waals surface area (Å²) >= 11 is 0. The molecule has 0 unspecified atom stereocenters. The third-order valence-corrected chi connectivity index (χ3v) is 2.88. The van der Waals surface area contributed by atoms with E-state index in [1.807, 2.05) is 0 Å². The van der Waals surface area contributed by atoms with Gasteiger partial charge in [-0.15, -0.1) is 0 Å². The fourth-order valence-corrected chi connectivity index (χ4v) is 1.74. The molecule has 0 aromatic carbocycles. The molecule has 0 saturated carbocycles. The third-order valence-electron chi connectivity index (χ3n) is 2.88. The quantitative estimate of drug-likeness (QED) is 0.622. The van der Waals surface area contributed by atoms with Crippen LogP contribution in [0.2, 0.25) is 0 Å². The predicted molar refractivity (Wildman–Crippen MR) is 63.2 cm³/mol. The zero-order valence-corrected chi connectivity index (χ0v) is 9.93. The van der Waals surface area contributed by atoms with E-state index in [0.717, 1.165) is 13.1 Å². The standard InChI is InChI=1S/C11H16N4O3/c16-10(3-8-4-12-5-8)13-1-2-15-6-9(11(17)18)14-7-15/h6-8,12H,1-5H2,(H,13,16)(H,17,18). The molecule has 0 spiro atoms. The van der Waals surface area contributed by atoms with Gasteiger partial charge in [0.1, 0.15) is 0 Å². The van der Waals surface area contributed by atoms with Crippen LogP contribution < -0.4 is 10.6 Å². The Kier molecular flexibility index (Phi) is 3.93. The molecule has 1 amide bonds. The molecule has 0 bridgehead atoms. The first-order valence-corrected chi connectivity index (χ1v) is 5.87. The monoisotopic (exact) mass is 252 g/mol. The first kappa shape index (κ1) is 12.6. The van der Waals surface area contributed by atoms with Crippen LogP contribution in [0, 0.1) is 5.92 Å². The minimum absolute atomic E-state index is 0.0156. The van der Waals surface area contributed by atoms with E-state index in [9.17, 15) is 9.59 Å². The summed E-state index contributed by atoms with van der Waals surface area (Å²) in [6.45, 7) is 2.83. The molecular weight excluding hydrogens is 236 g/mol. The van der Waals surface area contributed by atoms with Crippen LogP contribution in [-0.2, 0) is 11.3 Å². The van der Waals surface area contributed by atoms with Gasteiger partial charge >= 0.3 is 5.97 Å². The number of carbonyl (C=O) groups is 2. The van der Waals surface area contributed by atoms with Crippen molar-refractivity contribution in [2.75, 3.05) is 19.6 Å². The average Bonchev–Trinajstić information content (AvgIpc) is 2.72. The second kappa shape index (κ2) is 5.63. The second-order valence-corrected chi connectivity index (χ2v) is 4.38. The summed E-state index contributed by atoms with van der Waals surface area (Å²) in [4.78, 5) is 25.8. The smallest absolute Gasteiger partial charge is 0.356 e. The van der Waals surface area contributed by atoms with Crippen molar-refractivity contribution in [1.82, 2.24) is 20.2 Å². The molecule has 1 aromatic heterocycles. The molecule has 0 atom stereocenters. The minimum Gasteiger partial charge on any atom is -0.476 e. The minimum atomic E-state index is -1.05. The van der Waals surface area contributed by atoms with Gasteiger partial charge < -0.3 is 20.3 Å². The first-order valence-electron chi connectivity index (χ1n) is 5.87. The Hall–Kier alpha value is -1.89. The largest absolute Gasteiger partial charge is 0.476 e. The van der Waals surface area contributed by atoms with Crippen LogP contribution in [0.5, 0.6) is 0 Å². The van der Waals surface area contributed by atoms with Gasteiger partial charge in [-0.1, -0.05) is 0 Å². The summed E-state index contributed by atoms with van der Waals surface area (Å²) in [5.74, 6) is -0.549. The van der Waals surface area contributed by atoms with Crippen molar-refractivity contribution in [3.05, 3.63) is 18.2 Å². The highest BCUT2D eigenvalue weighted by atomic mass is 16.4. The molecule has 98 valence electrons. The SMILES string of the molecule is O=C(CC1CNC1)NCCn1cnc(C(=O)O)c1. The van der Waals surface area contributed by atoms with Crippen molar-refractivity contribution in [3.8, 4) is 0 Å². The lowest BCUT2D eigenvalue weighted by Gasteiger charge is -2.26. The Morgan fingerprint density at radius 1 is 1.56 bits per heavy atom. The molecule has 7 heteroatoms. The van der Waals surface area contributed by atoms with Gasteiger partial charge in [-0.3, -0.25) is 4.79 Å². The topological polar surface area (TPSA) is 96.3 Å². The number of nitrogens with one attached hydrogen (secondary N) is 2. The van der Waals surface area contributed by atoms with Crippen LogP contribution in [-0.4, -0.2) is 46.2 Å². The van der Waals surface area contributed by atoms with Crippen LogP contribution in [0.3, 0.4) is 0 Å². The number of nitrogens with zero attached hydrogens (tertiary/aromatic N) is 2. The van der Waals surface area contributed by atoms with Crippen molar-refractivity contribution in [2.45, 2.75) is 13.0 Å². The lowest BCUT2D eigenvalue weighted by molar-refractivity contribution is -0.122. The maximum Gasteiger partial charge on any atom is 0.356 e. The van der Waals surface area contributed by atoms with Crippen molar-refractivity contribution < 1.29 is 14.7 Å². The van der Waals surface area contributed by atoms with Gasteiger partial charge in [0.25, 0.3) is 0 Å². The number of hydrogen-bond acceptors (Lipinski definition) is 4. The van der Waals surface area contributed by atoms with E-state index < -0.39 is 5.97 Å². The molecule has 3 N–H and O–H groups in total. The second-order valence-electron chi connectivity index (χ2n) is 4.38. The molecule has 2 rings (SSSR count). The highest BCUT2D eigenvalue weighted by Gasteiger charge is 2.19. The number of carbonyl (C=O) groups excluding carboxylic acids is 1. The van der Waals surface area contributed by atoms with E-state index in [-0.39, 0.29) is 11.6 Å². The maximum absolute atomic E-state index is 11.5. The number of rotatable bonds is 6. The van der Waals surface area contributed by atoms with Crippen molar-refractivity contribution in [2.24, 2.45) is 5.92 Å². The highest BCUT2D eigenvalue weighted by molar-refractivity contribution is 5.84. The molecule has 18 heavy (non-hydrogen) atoms. The molecule has 1 aliphatic rings. The van der Waals surface area contributed by atoms with E-state index in [2.05, 4.69) is 15.6 Å². The van der Waals surface area contributed by atoms with Gasteiger partial charge in [-0.05, 0) is 19.0 Å². The van der Waals surface area contributed by atoms with Gasteiger partial charge in [0.15, 0.2) is 5.69 Å². The summed E-state index contributed by atoms with van der Waals surface area (Å²) in [6.07, 6.45) is 3.45. The predicted octanol–water partition coefficient (Wildman–Crippen LogP) is -0.693.